The number of piperidine rings is 1. The molecule has 0 radical (unpaired) electrons. The largest absolute Gasteiger partial charge is 0.390 e. The van der Waals surface area contributed by atoms with Gasteiger partial charge < -0.3 is 26.4 Å². The van der Waals surface area contributed by atoms with E-state index in [0.717, 1.165) is 35.5 Å². The van der Waals surface area contributed by atoms with E-state index in [0.29, 0.717) is 24.6 Å². The predicted octanol–water partition coefficient (Wildman–Crippen LogP) is 2.91. The second-order valence-electron chi connectivity index (χ2n) is 10.5. The summed E-state index contributed by atoms with van der Waals surface area (Å²) in [4.78, 5) is 29.5. The number of alkyl halides is 2. The normalized spacial score (nSPS) is 21.4. The van der Waals surface area contributed by atoms with Crippen LogP contribution in [0.4, 0.5) is 19.7 Å². The third kappa shape index (κ3) is 3.93. The van der Waals surface area contributed by atoms with Gasteiger partial charge in [-0.1, -0.05) is 35.6 Å². The summed E-state index contributed by atoms with van der Waals surface area (Å²) in [6.45, 7) is 1.72. The van der Waals surface area contributed by atoms with Gasteiger partial charge in [0.2, 0.25) is 0 Å². The zero-order valence-corrected chi connectivity index (χ0v) is 21.8. The number of thiazole rings is 1. The Bertz CT molecular complexity index is 1420. The highest BCUT2D eigenvalue weighted by molar-refractivity contribution is 7.15. The predicted molar refractivity (Wildman–Crippen MR) is 139 cm³/mol. The van der Waals surface area contributed by atoms with Crippen molar-refractivity contribution in [3.63, 3.8) is 0 Å². The molecule has 0 bridgehead atoms. The van der Waals surface area contributed by atoms with Gasteiger partial charge in [0.15, 0.2) is 10.9 Å². The number of carbonyl (C=O) groups is 1. The zero-order valence-electron chi connectivity index (χ0n) is 21.0. The number of benzene rings is 1. The highest BCUT2D eigenvalue weighted by atomic mass is 32.1. The molecule has 1 amide bonds. The Kier molecular flexibility index (Phi) is 5.89. The maximum Gasteiger partial charge on any atom is 0.308 e. The van der Waals surface area contributed by atoms with E-state index < -0.39 is 25.0 Å². The molecule has 1 atom stereocenters. The first-order valence-electron chi connectivity index (χ1n) is 12.6. The van der Waals surface area contributed by atoms with Crippen LogP contribution in [0.15, 0.2) is 24.3 Å². The number of rotatable bonds is 3. The minimum atomic E-state index is -3.32. The molecule has 1 spiro atoms. The van der Waals surface area contributed by atoms with Crippen molar-refractivity contribution < 1.29 is 18.7 Å². The Labute approximate surface area is 222 Å². The van der Waals surface area contributed by atoms with Gasteiger partial charge in [-0.25, -0.2) is 15.0 Å². The highest BCUT2D eigenvalue weighted by Gasteiger charge is 2.47. The smallest absolute Gasteiger partial charge is 0.308 e. The first kappa shape index (κ1) is 25.1. The Morgan fingerprint density at radius 1 is 1.21 bits per heavy atom. The third-order valence-electron chi connectivity index (χ3n) is 8.20. The number of nitrogens with two attached hydrogens (primary N) is 2. The number of hydrogen-bond donors (Lipinski definition) is 3. The van der Waals surface area contributed by atoms with E-state index in [2.05, 4.69) is 32.0 Å². The molecule has 2 aliphatic heterocycles. The van der Waals surface area contributed by atoms with Crippen molar-refractivity contribution in [3.8, 4) is 0 Å². The Morgan fingerprint density at radius 3 is 2.66 bits per heavy atom. The fraction of sp³-hybridized carbons (Fsp3) is 0.462. The van der Waals surface area contributed by atoms with Crippen molar-refractivity contribution in [2.45, 2.75) is 51.3 Å². The number of hydrogen-bond acceptors (Lipinski definition) is 9. The van der Waals surface area contributed by atoms with Gasteiger partial charge in [0.05, 0.1) is 30.3 Å². The summed E-state index contributed by atoms with van der Waals surface area (Å²) in [5, 5.41) is 10.2. The second kappa shape index (κ2) is 8.92. The molecule has 12 heteroatoms. The first-order chi connectivity index (χ1) is 18.1. The summed E-state index contributed by atoms with van der Waals surface area (Å²) in [5.41, 5.74) is 15.0. The minimum Gasteiger partial charge on any atom is -0.390 e. The SMILES string of the molecule is Cc1nc(N2CCC3(CC2)Cc2ccccc2C3N)c(CO)nc1C(=O)N1Cc2sc(N)nc2C(F)(F)C1. The van der Waals surface area contributed by atoms with Crippen molar-refractivity contribution in [2.24, 2.45) is 11.1 Å². The lowest BCUT2D eigenvalue weighted by Gasteiger charge is -2.43. The van der Waals surface area contributed by atoms with Crippen LogP contribution < -0.4 is 16.4 Å². The second-order valence-corrected chi connectivity index (χ2v) is 11.6. The van der Waals surface area contributed by atoms with Gasteiger partial charge in [0.25, 0.3) is 5.91 Å². The van der Waals surface area contributed by atoms with E-state index in [-0.39, 0.29) is 45.1 Å². The quantitative estimate of drug-likeness (QED) is 0.461. The van der Waals surface area contributed by atoms with Gasteiger partial charge in [0.1, 0.15) is 17.1 Å². The number of aliphatic hydroxyl groups is 1. The number of fused-ring (bicyclic) bond motifs is 2. The molecular formula is C26H29F2N7O2S. The zero-order chi connectivity index (χ0) is 26.8. The van der Waals surface area contributed by atoms with Crippen molar-refractivity contribution in [1.82, 2.24) is 19.9 Å². The summed E-state index contributed by atoms with van der Waals surface area (Å²) < 4.78 is 29.5. The number of anilines is 2. The van der Waals surface area contributed by atoms with Gasteiger partial charge in [-0.15, -0.1) is 0 Å². The Hall–Kier alpha value is -3.22. The third-order valence-corrected chi connectivity index (χ3v) is 9.07. The van der Waals surface area contributed by atoms with Crippen molar-refractivity contribution in [3.05, 3.63) is 63.0 Å². The summed E-state index contributed by atoms with van der Waals surface area (Å²) in [6, 6.07) is 8.30. The maximum atomic E-state index is 14.7. The lowest BCUT2D eigenvalue weighted by atomic mass is 9.73. The monoisotopic (exact) mass is 541 g/mol. The van der Waals surface area contributed by atoms with Crippen LogP contribution in [0.5, 0.6) is 0 Å². The van der Waals surface area contributed by atoms with Crippen molar-refractivity contribution in [2.75, 3.05) is 30.3 Å². The topological polar surface area (TPSA) is 134 Å². The molecule has 1 saturated heterocycles. The number of carbonyl (C=O) groups excluding carboxylic acids is 1. The van der Waals surface area contributed by atoms with Gasteiger partial charge in [-0.3, -0.25) is 4.79 Å². The summed E-state index contributed by atoms with van der Waals surface area (Å²) in [7, 11) is 0. The number of amides is 1. The first-order valence-corrected chi connectivity index (χ1v) is 13.4. The summed E-state index contributed by atoms with van der Waals surface area (Å²) in [5.74, 6) is -3.47. The molecule has 200 valence electrons. The molecule has 2 aromatic heterocycles. The fourth-order valence-corrected chi connectivity index (χ4v) is 7.07. The molecule has 1 fully saturated rings. The molecule has 4 heterocycles. The lowest BCUT2D eigenvalue weighted by molar-refractivity contribution is -0.0479. The highest BCUT2D eigenvalue weighted by Crippen LogP contribution is 2.51. The van der Waals surface area contributed by atoms with E-state index >= 15 is 0 Å². The minimum absolute atomic E-state index is 0.0175. The van der Waals surface area contributed by atoms with Crippen molar-refractivity contribution >= 4 is 28.2 Å². The van der Waals surface area contributed by atoms with E-state index in [1.807, 2.05) is 12.1 Å². The molecule has 3 aromatic rings. The molecule has 0 saturated carbocycles. The van der Waals surface area contributed by atoms with Gasteiger partial charge >= 0.3 is 5.92 Å². The fourth-order valence-electron chi connectivity index (χ4n) is 6.17. The van der Waals surface area contributed by atoms with E-state index in [1.54, 1.807) is 6.92 Å². The van der Waals surface area contributed by atoms with Crippen LogP contribution in [0.1, 0.15) is 62.5 Å². The van der Waals surface area contributed by atoms with Gasteiger partial charge in [-0.05, 0) is 42.7 Å². The lowest BCUT2D eigenvalue weighted by Crippen LogP contribution is -2.45. The van der Waals surface area contributed by atoms with E-state index in [9.17, 15) is 18.7 Å². The van der Waals surface area contributed by atoms with Crippen LogP contribution in [0.3, 0.4) is 0 Å². The van der Waals surface area contributed by atoms with E-state index in [4.69, 9.17) is 11.5 Å². The van der Waals surface area contributed by atoms with Crippen LogP contribution in [-0.4, -0.2) is 50.5 Å². The number of aryl methyl sites for hydroxylation is 1. The summed E-state index contributed by atoms with van der Waals surface area (Å²) >= 11 is 0.947. The number of aromatic nitrogens is 3. The molecule has 5 N–H and O–H groups in total. The molecule has 1 aromatic carbocycles. The molecule has 1 aliphatic carbocycles. The average molecular weight is 542 g/mol. The molecular weight excluding hydrogens is 512 g/mol. The van der Waals surface area contributed by atoms with Crippen LogP contribution >= 0.6 is 11.3 Å². The average Bonchev–Trinajstić information content (AvgIpc) is 3.41. The standard InChI is InChI=1S/C26H29F2N7O2S/c1-14-19(23(37)35-11-18-21(26(27,28)13-35)33-24(30)38-18)32-17(12-36)22(31-14)34-8-6-25(7-9-34)10-15-4-2-3-5-16(15)20(25)29/h2-5,20,36H,6-13,29H2,1H3,(H2,30,33). The van der Waals surface area contributed by atoms with Crippen LogP contribution in [-0.2, 0) is 25.5 Å². The van der Waals surface area contributed by atoms with Crippen LogP contribution in [0.2, 0.25) is 0 Å². The van der Waals surface area contributed by atoms with Crippen LogP contribution in [0.25, 0.3) is 0 Å². The Morgan fingerprint density at radius 2 is 1.95 bits per heavy atom. The molecule has 1 unspecified atom stereocenters. The number of aliphatic hydroxyl groups excluding tert-OH is 1. The van der Waals surface area contributed by atoms with Crippen LogP contribution in [0, 0.1) is 12.3 Å². The number of halogens is 2. The van der Waals surface area contributed by atoms with Gasteiger partial charge in [-0.2, -0.15) is 8.78 Å². The Balaban J connectivity index is 1.22. The summed E-state index contributed by atoms with van der Waals surface area (Å²) in [6.07, 6.45) is 2.66. The van der Waals surface area contributed by atoms with E-state index in [1.165, 1.54) is 11.1 Å². The molecule has 9 nitrogen and oxygen atoms in total. The maximum absolute atomic E-state index is 14.7. The molecule has 6 rings (SSSR count). The molecule has 38 heavy (non-hydrogen) atoms. The molecule has 3 aliphatic rings. The van der Waals surface area contributed by atoms with Gasteiger partial charge in [0, 0.05) is 19.1 Å². The number of nitrogens with zero attached hydrogens (tertiary/aromatic N) is 5. The number of nitrogen functional groups attached to an aromatic ring is 1. The van der Waals surface area contributed by atoms with Crippen molar-refractivity contribution in [1.29, 1.82) is 0 Å².